The molecule has 3 nitrogen and oxygen atoms in total. The van der Waals surface area contributed by atoms with Gasteiger partial charge in [0.25, 0.3) is 10.0 Å². The second kappa shape index (κ2) is 7.78. The lowest BCUT2D eigenvalue weighted by atomic mass is 10.1. The third kappa shape index (κ3) is 4.20. The quantitative estimate of drug-likeness (QED) is 0.662. The molecule has 0 aromatic carbocycles. The molecule has 0 saturated carbocycles. The topological polar surface area (TPSA) is 37.4 Å². The van der Waals surface area contributed by atoms with Crippen LogP contribution in [0.2, 0.25) is 0 Å². The van der Waals surface area contributed by atoms with Gasteiger partial charge >= 0.3 is 0 Å². The van der Waals surface area contributed by atoms with Crippen molar-refractivity contribution in [3.63, 3.8) is 0 Å². The van der Waals surface area contributed by atoms with Gasteiger partial charge < -0.3 is 0 Å². The van der Waals surface area contributed by atoms with E-state index < -0.39 is 10.0 Å². The lowest BCUT2D eigenvalue weighted by Crippen LogP contribution is -2.41. The van der Waals surface area contributed by atoms with Crippen molar-refractivity contribution >= 4 is 33.0 Å². The van der Waals surface area contributed by atoms with E-state index in [1.807, 2.05) is 33.1 Å². The zero-order chi connectivity index (χ0) is 15.3. The monoisotopic (exact) mass is 337 g/mol. The number of nitrogens with zero attached hydrogens (tertiary/aromatic N) is 1. The van der Waals surface area contributed by atoms with E-state index >= 15 is 0 Å². The number of rotatable bonds is 8. The Labute approximate surface area is 132 Å². The van der Waals surface area contributed by atoms with Crippen molar-refractivity contribution in [2.75, 3.05) is 6.54 Å². The lowest BCUT2D eigenvalue weighted by Gasteiger charge is -2.30. The predicted octanol–water partition coefficient (Wildman–Crippen LogP) is 4.32. The first-order valence-corrected chi connectivity index (χ1v) is 9.87. The van der Waals surface area contributed by atoms with E-state index in [9.17, 15) is 8.42 Å². The van der Waals surface area contributed by atoms with Gasteiger partial charge in [0, 0.05) is 18.5 Å². The van der Waals surface area contributed by atoms with E-state index in [1.54, 1.807) is 10.4 Å². The largest absolute Gasteiger partial charge is 0.252 e. The van der Waals surface area contributed by atoms with Crippen LogP contribution < -0.4 is 0 Å². The molecule has 0 spiro atoms. The standard InChI is InChI=1S/C14H24ClNO2S2/c1-5-13(6-2)16(9-11(3)4)20(17,18)14-7-12(8-15)10-19-14/h7,10-11,13H,5-6,8-9H2,1-4H3. The molecule has 0 aliphatic heterocycles. The molecule has 0 unspecified atom stereocenters. The molecule has 0 aliphatic carbocycles. The van der Waals surface area contributed by atoms with Crippen LogP contribution >= 0.6 is 22.9 Å². The number of hydrogen-bond donors (Lipinski definition) is 0. The highest BCUT2D eigenvalue weighted by Crippen LogP contribution is 2.28. The van der Waals surface area contributed by atoms with Gasteiger partial charge in [-0.05, 0) is 35.8 Å². The van der Waals surface area contributed by atoms with Crippen LogP contribution in [0, 0.1) is 5.92 Å². The Kier molecular flexibility index (Phi) is 6.98. The number of hydrogen-bond acceptors (Lipinski definition) is 3. The zero-order valence-electron chi connectivity index (χ0n) is 12.6. The summed E-state index contributed by atoms with van der Waals surface area (Å²) in [5.41, 5.74) is 0.865. The minimum atomic E-state index is -3.42. The fourth-order valence-corrected chi connectivity index (χ4v) is 5.69. The van der Waals surface area contributed by atoms with Gasteiger partial charge in [-0.25, -0.2) is 8.42 Å². The highest BCUT2D eigenvalue weighted by atomic mass is 35.5. The van der Waals surface area contributed by atoms with E-state index in [0.717, 1.165) is 18.4 Å². The Morgan fingerprint density at radius 1 is 1.30 bits per heavy atom. The predicted molar refractivity (Wildman–Crippen MR) is 87.0 cm³/mol. The molecule has 0 aliphatic rings. The van der Waals surface area contributed by atoms with Gasteiger partial charge in [0.05, 0.1) is 0 Å². The third-order valence-electron chi connectivity index (χ3n) is 3.24. The molecule has 0 amide bonds. The number of sulfonamides is 1. The van der Waals surface area contributed by atoms with Crippen molar-refractivity contribution in [1.29, 1.82) is 0 Å². The molecule has 0 N–H and O–H groups in total. The number of alkyl halides is 1. The molecular formula is C14H24ClNO2S2. The van der Waals surface area contributed by atoms with Gasteiger partial charge in [-0.2, -0.15) is 4.31 Å². The first-order valence-electron chi connectivity index (χ1n) is 7.01. The Bertz CT molecular complexity index is 507. The van der Waals surface area contributed by atoms with Crippen LogP contribution in [0.3, 0.4) is 0 Å². The summed E-state index contributed by atoms with van der Waals surface area (Å²) in [6.45, 7) is 8.72. The molecule has 0 saturated heterocycles. The summed E-state index contributed by atoms with van der Waals surface area (Å²) in [7, 11) is -3.42. The minimum Gasteiger partial charge on any atom is -0.206 e. The van der Waals surface area contributed by atoms with Gasteiger partial charge in [-0.3, -0.25) is 0 Å². The van der Waals surface area contributed by atoms with Crippen LogP contribution in [0.5, 0.6) is 0 Å². The van der Waals surface area contributed by atoms with Crippen molar-refractivity contribution in [1.82, 2.24) is 4.31 Å². The highest BCUT2D eigenvalue weighted by molar-refractivity contribution is 7.91. The van der Waals surface area contributed by atoms with Gasteiger partial charge in [0.2, 0.25) is 0 Å². The first-order chi connectivity index (χ1) is 9.36. The summed E-state index contributed by atoms with van der Waals surface area (Å²) in [5.74, 6) is 0.652. The molecule has 0 radical (unpaired) electrons. The summed E-state index contributed by atoms with van der Waals surface area (Å²) in [6, 6.07) is 1.76. The molecule has 0 fully saturated rings. The van der Waals surface area contributed by atoms with Crippen LogP contribution in [0.4, 0.5) is 0 Å². The van der Waals surface area contributed by atoms with Crippen molar-refractivity contribution < 1.29 is 8.42 Å². The Hall–Kier alpha value is -0.100. The van der Waals surface area contributed by atoms with Crippen molar-refractivity contribution in [3.8, 4) is 0 Å². The maximum Gasteiger partial charge on any atom is 0.252 e. The van der Waals surface area contributed by atoms with Crippen molar-refractivity contribution in [2.24, 2.45) is 5.92 Å². The fourth-order valence-electron chi connectivity index (χ4n) is 2.17. The Balaban J connectivity index is 3.15. The van der Waals surface area contributed by atoms with Crippen LogP contribution in [-0.4, -0.2) is 25.3 Å². The average Bonchev–Trinajstić information content (AvgIpc) is 2.88. The molecule has 0 bridgehead atoms. The molecule has 1 aromatic heterocycles. The summed E-state index contributed by atoms with van der Waals surface area (Å²) < 4.78 is 27.8. The maximum absolute atomic E-state index is 12.8. The highest BCUT2D eigenvalue weighted by Gasteiger charge is 2.31. The van der Waals surface area contributed by atoms with E-state index in [-0.39, 0.29) is 6.04 Å². The van der Waals surface area contributed by atoms with Gasteiger partial charge in [0.1, 0.15) is 4.21 Å². The molecule has 1 heterocycles. The molecular weight excluding hydrogens is 314 g/mol. The lowest BCUT2D eigenvalue weighted by molar-refractivity contribution is 0.277. The van der Waals surface area contributed by atoms with Gasteiger partial charge in [-0.15, -0.1) is 22.9 Å². The van der Waals surface area contributed by atoms with Crippen LogP contribution in [0.15, 0.2) is 15.7 Å². The molecule has 20 heavy (non-hydrogen) atoms. The summed E-state index contributed by atoms with van der Waals surface area (Å²) in [6.07, 6.45) is 1.66. The van der Waals surface area contributed by atoms with Crippen molar-refractivity contribution in [2.45, 2.75) is 56.7 Å². The normalized spacial score (nSPS) is 12.8. The molecule has 6 heteroatoms. The van der Waals surface area contributed by atoms with E-state index in [0.29, 0.717) is 22.6 Å². The van der Waals surface area contributed by atoms with Gasteiger partial charge in [0.15, 0.2) is 0 Å². The molecule has 0 atom stereocenters. The average molecular weight is 338 g/mol. The molecule has 1 rings (SSSR count). The Morgan fingerprint density at radius 3 is 2.30 bits per heavy atom. The third-order valence-corrected chi connectivity index (χ3v) is 6.93. The number of thiophene rings is 1. The van der Waals surface area contributed by atoms with E-state index in [4.69, 9.17) is 11.6 Å². The fraction of sp³-hybridized carbons (Fsp3) is 0.714. The number of halogens is 1. The van der Waals surface area contributed by atoms with Crippen LogP contribution in [0.1, 0.15) is 46.1 Å². The Morgan fingerprint density at radius 2 is 1.90 bits per heavy atom. The van der Waals surface area contributed by atoms with Crippen LogP contribution in [0.25, 0.3) is 0 Å². The summed E-state index contributed by atoms with van der Waals surface area (Å²) in [5, 5.41) is 1.82. The first kappa shape index (κ1) is 18.0. The van der Waals surface area contributed by atoms with Crippen molar-refractivity contribution in [3.05, 3.63) is 17.0 Å². The molecule has 1 aromatic rings. The summed E-state index contributed by atoms with van der Waals surface area (Å²) in [4.78, 5) is 0. The second-order valence-electron chi connectivity index (χ2n) is 5.35. The van der Waals surface area contributed by atoms with E-state index in [1.165, 1.54) is 11.3 Å². The maximum atomic E-state index is 12.8. The van der Waals surface area contributed by atoms with E-state index in [2.05, 4.69) is 0 Å². The zero-order valence-corrected chi connectivity index (χ0v) is 15.0. The van der Waals surface area contributed by atoms with Crippen LogP contribution in [-0.2, 0) is 15.9 Å². The van der Waals surface area contributed by atoms with Gasteiger partial charge in [-0.1, -0.05) is 27.7 Å². The molecule has 116 valence electrons. The smallest absolute Gasteiger partial charge is 0.206 e. The minimum absolute atomic E-state index is 0.0592. The second-order valence-corrected chi connectivity index (χ2v) is 8.64. The summed E-state index contributed by atoms with van der Waals surface area (Å²) >= 11 is 7.03. The SMILES string of the molecule is CCC(CC)N(CC(C)C)S(=O)(=O)c1cc(CCl)cs1.